The number of fused-ring (bicyclic) bond motifs is 1. The summed E-state index contributed by atoms with van der Waals surface area (Å²) in [6, 6.07) is 13.6. The van der Waals surface area contributed by atoms with Gasteiger partial charge in [0.15, 0.2) is 11.5 Å². The quantitative estimate of drug-likeness (QED) is 0.476. The molecule has 2 N–H and O–H groups in total. The van der Waals surface area contributed by atoms with Crippen LogP contribution in [0.4, 0.5) is 0 Å². The Bertz CT molecular complexity index is 1110. The lowest BCUT2D eigenvalue weighted by atomic mass is 10.0. The van der Waals surface area contributed by atoms with Gasteiger partial charge in [0.25, 0.3) is 5.91 Å². The van der Waals surface area contributed by atoms with Gasteiger partial charge in [-0.05, 0) is 54.3 Å². The number of carbonyl (C=O) groups is 1. The number of benzene rings is 2. The number of carbonyl (C=O) groups excluding carboxylic acids is 1. The number of H-pyrrole nitrogens is 1. The van der Waals surface area contributed by atoms with Crippen molar-refractivity contribution in [1.82, 2.24) is 10.3 Å². The minimum atomic E-state index is -0.401. The lowest BCUT2D eigenvalue weighted by molar-refractivity contribution is -0.117. The number of ether oxygens (including phenoxy) is 2. The molecule has 0 aliphatic rings. The molecule has 6 heteroatoms. The van der Waals surface area contributed by atoms with E-state index in [2.05, 4.69) is 10.3 Å². The summed E-state index contributed by atoms with van der Waals surface area (Å²) in [5.74, 6) is 0.742. The number of nitriles is 1. The molecular weight excluding hydrogens is 366 g/mol. The number of amides is 1. The molecule has 1 amide bonds. The van der Waals surface area contributed by atoms with Crippen molar-refractivity contribution >= 4 is 22.9 Å². The van der Waals surface area contributed by atoms with E-state index in [-0.39, 0.29) is 5.57 Å². The first-order valence-electron chi connectivity index (χ1n) is 9.25. The van der Waals surface area contributed by atoms with Crippen LogP contribution in [0.25, 0.3) is 17.0 Å². The smallest absolute Gasteiger partial charge is 0.261 e. The van der Waals surface area contributed by atoms with Crippen LogP contribution in [-0.2, 0) is 11.2 Å². The second-order valence-corrected chi connectivity index (χ2v) is 6.60. The van der Waals surface area contributed by atoms with E-state index in [0.29, 0.717) is 24.5 Å². The fourth-order valence-electron chi connectivity index (χ4n) is 3.20. The van der Waals surface area contributed by atoms with E-state index in [4.69, 9.17) is 9.47 Å². The van der Waals surface area contributed by atoms with Gasteiger partial charge in [-0.25, -0.2) is 0 Å². The molecule has 6 nitrogen and oxygen atoms in total. The van der Waals surface area contributed by atoms with Gasteiger partial charge in [-0.2, -0.15) is 5.26 Å². The predicted octanol–water partition coefficient (Wildman–Crippen LogP) is 3.76. The van der Waals surface area contributed by atoms with E-state index in [1.807, 2.05) is 49.5 Å². The molecule has 29 heavy (non-hydrogen) atoms. The first kappa shape index (κ1) is 20.0. The highest BCUT2D eigenvalue weighted by atomic mass is 16.5. The van der Waals surface area contributed by atoms with Crippen molar-refractivity contribution in [2.24, 2.45) is 0 Å². The molecule has 3 rings (SSSR count). The Balaban J connectivity index is 1.71. The van der Waals surface area contributed by atoms with Crippen molar-refractivity contribution < 1.29 is 14.3 Å². The number of aryl methyl sites for hydroxylation is 1. The molecule has 0 aliphatic heterocycles. The van der Waals surface area contributed by atoms with Crippen LogP contribution in [0.5, 0.6) is 11.5 Å². The molecule has 2 aromatic carbocycles. The summed E-state index contributed by atoms with van der Waals surface area (Å²) in [7, 11) is 3.11. The Morgan fingerprint density at radius 3 is 2.66 bits per heavy atom. The Morgan fingerprint density at radius 2 is 1.93 bits per heavy atom. The van der Waals surface area contributed by atoms with Gasteiger partial charge in [0, 0.05) is 23.6 Å². The second kappa shape index (κ2) is 8.98. The van der Waals surface area contributed by atoms with Crippen LogP contribution in [-0.4, -0.2) is 31.7 Å². The van der Waals surface area contributed by atoms with Crippen LogP contribution in [0.1, 0.15) is 16.7 Å². The molecule has 0 unspecified atom stereocenters. The molecule has 0 saturated heterocycles. The zero-order chi connectivity index (χ0) is 20.8. The zero-order valence-electron chi connectivity index (χ0n) is 16.7. The molecule has 1 aromatic heterocycles. The molecule has 0 fully saturated rings. The highest BCUT2D eigenvalue weighted by molar-refractivity contribution is 6.02. The van der Waals surface area contributed by atoms with E-state index in [0.717, 1.165) is 27.6 Å². The lowest BCUT2D eigenvalue weighted by Gasteiger charge is -2.11. The number of para-hydroxylation sites is 1. The largest absolute Gasteiger partial charge is 0.493 e. The molecular formula is C23H23N3O3. The minimum Gasteiger partial charge on any atom is -0.493 e. The molecule has 3 aromatic rings. The molecule has 0 aliphatic carbocycles. The SMILES string of the molecule is COc1cc(C)c(/C=C(/C#N)C(=O)NCCc2c[nH]c3ccccc23)cc1OC. The van der Waals surface area contributed by atoms with E-state index in [1.54, 1.807) is 26.4 Å². The van der Waals surface area contributed by atoms with Gasteiger partial charge in [-0.1, -0.05) is 18.2 Å². The highest BCUT2D eigenvalue weighted by Gasteiger charge is 2.12. The number of aromatic nitrogens is 1. The van der Waals surface area contributed by atoms with Gasteiger partial charge in [0.1, 0.15) is 11.6 Å². The van der Waals surface area contributed by atoms with Crippen LogP contribution in [0.2, 0.25) is 0 Å². The Kier molecular flexibility index (Phi) is 6.20. The van der Waals surface area contributed by atoms with Crippen LogP contribution in [0.3, 0.4) is 0 Å². The number of nitrogens with one attached hydrogen (secondary N) is 2. The van der Waals surface area contributed by atoms with E-state index >= 15 is 0 Å². The van der Waals surface area contributed by atoms with Gasteiger partial charge in [0.2, 0.25) is 0 Å². The molecule has 0 spiro atoms. The summed E-state index contributed by atoms with van der Waals surface area (Å²) >= 11 is 0. The van der Waals surface area contributed by atoms with E-state index in [9.17, 15) is 10.1 Å². The van der Waals surface area contributed by atoms with Crippen LogP contribution in [0, 0.1) is 18.3 Å². The number of hydrogen-bond donors (Lipinski definition) is 2. The Labute approximate surface area is 169 Å². The van der Waals surface area contributed by atoms with Crippen molar-refractivity contribution in [2.75, 3.05) is 20.8 Å². The van der Waals surface area contributed by atoms with Crippen LogP contribution in [0.15, 0.2) is 48.2 Å². The third kappa shape index (κ3) is 4.41. The van der Waals surface area contributed by atoms with Gasteiger partial charge < -0.3 is 19.8 Å². The summed E-state index contributed by atoms with van der Waals surface area (Å²) < 4.78 is 10.6. The lowest BCUT2D eigenvalue weighted by Crippen LogP contribution is -2.26. The molecule has 1 heterocycles. The van der Waals surface area contributed by atoms with E-state index in [1.165, 1.54) is 0 Å². The fourth-order valence-corrected chi connectivity index (χ4v) is 3.20. The summed E-state index contributed by atoms with van der Waals surface area (Å²) in [5, 5.41) is 13.4. The average Bonchev–Trinajstić information content (AvgIpc) is 3.15. The number of hydrogen-bond acceptors (Lipinski definition) is 4. The Morgan fingerprint density at radius 1 is 1.21 bits per heavy atom. The maximum atomic E-state index is 12.5. The predicted molar refractivity (Wildman–Crippen MR) is 113 cm³/mol. The summed E-state index contributed by atoms with van der Waals surface area (Å²) in [5.41, 5.74) is 3.83. The normalized spacial score (nSPS) is 11.2. The van der Waals surface area contributed by atoms with E-state index < -0.39 is 5.91 Å². The second-order valence-electron chi connectivity index (χ2n) is 6.60. The van der Waals surface area contributed by atoms with Crippen molar-refractivity contribution in [3.63, 3.8) is 0 Å². The first-order valence-corrected chi connectivity index (χ1v) is 9.25. The fraction of sp³-hybridized carbons (Fsp3) is 0.217. The maximum Gasteiger partial charge on any atom is 0.261 e. The van der Waals surface area contributed by atoms with Gasteiger partial charge in [-0.15, -0.1) is 0 Å². The van der Waals surface area contributed by atoms with Crippen molar-refractivity contribution in [3.8, 4) is 17.6 Å². The van der Waals surface area contributed by atoms with Gasteiger partial charge in [-0.3, -0.25) is 4.79 Å². The first-order chi connectivity index (χ1) is 14.1. The monoisotopic (exact) mass is 389 g/mol. The Hall–Kier alpha value is -3.72. The summed E-state index contributed by atoms with van der Waals surface area (Å²) in [4.78, 5) is 15.7. The molecule has 0 saturated carbocycles. The zero-order valence-corrected chi connectivity index (χ0v) is 16.7. The highest BCUT2D eigenvalue weighted by Crippen LogP contribution is 2.31. The van der Waals surface area contributed by atoms with Crippen molar-refractivity contribution in [1.29, 1.82) is 5.26 Å². The summed E-state index contributed by atoms with van der Waals surface area (Å²) in [6.45, 7) is 2.32. The molecule has 0 bridgehead atoms. The van der Waals surface area contributed by atoms with Crippen LogP contribution >= 0.6 is 0 Å². The van der Waals surface area contributed by atoms with Gasteiger partial charge in [0.05, 0.1) is 14.2 Å². The van der Waals surface area contributed by atoms with Crippen molar-refractivity contribution in [3.05, 3.63) is 64.9 Å². The van der Waals surface area contributed by atoms with Crippen molar-refractivity contribution in [2.45, 2.75) is 13.3 Å². The number of methoxy groups -OCH3 is 2. The number of aromatic amines is 1. The third-order valence-electron chi connectivity index (χ3n) is 4.79. The average molecular weight is 389 g/mol. The molecule has 148 valence electrons. The summed E-state index contributed by atoms with van der Waals surface area (Å²) in [6.07, 6.45) is 4.19. The maximum absolute atomic E-state index is 12.5. The molecule has 0 atom stereocenters. The molecule has 0 radical (unpaired) electrons. The standard InChI is InChI=1S/C23H23N3O3/c1-15-10-21(28-2)22(29-3)12-17(15)11-18(13-24)23(27)25-9-8-16-14-26-20-7-5-4-6-19(16)20/h4-7,10-12,14,26H,8-9H2,1-3H3,(H,25,27)/b18-11-. The third-order valence-corrected chi connectivity index (χ3v) is 4.79. The number of nitrogens with zero attached hydrogens (tertiary/aromatic N) is 1. The van der Waals surface area contributed by atoms with Crippen LogP contribution < -0.4 is 14.8 Å². The van der Waals surface area contributed by atoms with Gasteiger partial charge >= 0.3 is 0 Å². The number of rotatable bonds is 7. The minimum absolute atomic E-state index is 0.0410. The topological polar surface area (TPSA) is 87.1 Å².